The highest BCUT2D eigenvalue weighted by atomic mass is 16.5. The molecule has 2 unspecified atom stereocenters. The Hall–Kier alpha value is -2.68. The number of benzene rings is 2. The second kappa shape index (κ2) is 11.8. The lowest BCUT2D eigenvalue weighted by Crippen LogP contribution is -2.61. The topological polar surface area (TPSA) is 12.5 Å². The van der Waals surface area contributed by atoms with Gasteiger partial charge in [0.05, 0.1) is 6.10 Å². The Morgan fingerprint density at radius 2 is 1.41 bits per heavy atom. The first-order valence-electron chi connectivity index (χ1n) is 11.6. The molecule has 2 heteroatoms. The van der Waals surface area contributed by atoms with Crippen LogP contribution in [-0.2, 0) is 4.74 Å². The fourth-order valence-corrected chi connectivity index (χ4v) is 5.35. The van der Waals surface area contributed by atoms with Crippen LogP contribution in [0.5, 0.6) is 0 Å². The Bertz CT molecular complexity index is 823. The Morgan fingerprint density at radius 3 is 1.88 bits per heavy atom. The summed E-state index contributed by atoms with van der Waals surface area (Å²) in [5.41, 5.74) is 2.26. The van der Waals surface area contributed by atoms with Gasteiger partial charge in [-0.3, -0.25) is 4.90 Å². The lowest BCUT2D eigenvalue weighted by atomic mass is 9.69. The van der Waals surface area contributed by atoms with Crippen molar-refractivity contribution >= 4 is 0 Å². The van der Waals surface area contributed by atoms with E-state index in [4.69, 9.17) is 4.74 Å². The van der Waals surface area contributed by atoms with Gasteiger partial charge in [-0.2, -0.15) is 0 Å². The molecule has 168 valence electrons. The van der Waals surface area contributed by atoms with E-state index in [1.165, 1.54) is 11.1 Å². The van der Waals surface area contributed by atoms with Crippen LogP contribution >= 0.6 is 0 Å². The van der Waals surface area contributed by atoms with Gasteiger partial charge >= 0.3 is 0 Å². The minimum atomic E-state index is -0.106. The molecule has 2 nitrogen and oxygen atoms in total. The molecule has 1 fully saturated rings. The molecule has 2 atom stereocenters. The zero-order chi connectivity index (χ0) is 22.8. The lowest BCUT2D eigenvalue weighted by Gasteiger charge is -2.55. The monoisotopic (exact) mass is 427 g/mol. The summed E-state index contributed by atoms with van der Waals surface area (Å²) in [6.45, 7) is 18.1. The molecule has 0 bridgehead atoms. The molecule has 0 radical (unpaired) electrons. The molecule has 0 aromatic heterocycles. The number of piperidine rings is 1. The highest BCUT2D eigenvalue weighted by Crippen LogP contribution is 2.45. The Balaban J connectivity index is 2.01. The molecular weight excluding hydrogens is 390 g/mol. The molecule has 0 aliphatic carbocycles. The third-order valence-corrected chi connectivity index (χ3v) is 6.73. The number of allylic oxidation sites excluding steroid dienone is 1. The second-order valence-electron chi connectivity index (χ2n) is 8.62. The second-order valence-corrected chi connectivity index (χ2v) is 8.62. The van der Waals surface area contributed by atoms with Gasteiger partial charge in [0.1, 0.15) is 6.10 Å². The molecular formula is C30H37NO. The van der Waals surface area contributed by atoms with Gasteiger partial charge in [0.2, 0.25) is 0 Å². The molecule has 1 aliphatic rings. The van der Waals surface area contributed by atoms with Crippen molar-refractivity contribution in [3.63, 3.8) is 0 Å². The van der Waals surface area contributed by atoms with E-state index < -0.39 is 0 Å². The molecule has 0 N–H and O–H groups in total. The van der Waals surface area contributed by atoms with Crippen molar-refractivity contribution in [1.29, 1.82) is 0 Å². The molecule has 3 rings (SSSR count). The van der Waals surface area contributed by atoms with Gasteiger partial charge in [0.15, 0.2) is 0 Å². The molecule has 2 aromatic rings. The minimum absolute atomic E-state index is 0.0966. The van der Waals surface area contributed by atoms with E-state index in [2.05, 4.69) is 91.9 Å². The van der Waals surface area contributed by atoms with E-state index in [-0.39, 0.29) is 23.7 Å². The van der Waals surface area contributed by atoms with E-state index in [9.17, 15) is 0 Å². The lowest BCUT2D eigenvalue weighted by molar-refractivity contribution is -0.118. The SMILES string of the molecule is C=CCC1C(OC(c2ccccc2)c2ccccc2)CCN(CC=C)C1(CC=C)CC=C. The van der Waals surface area contributed by atoms with Crippen LogP contribution in [0.1, 0.15) is 42.9 Å². The summed E-state index contributed by atoms with van der Waals surface area (Å²) in [7, 11) is 0. The summed E-state index contributed by atoms with van der Waals surface area (Å²) in [4.78, 5) is 2.55. The molecule has 0 saturated carbocycles. The summed E-state index contributed by atoms with van der Waals surface area (Å²) in [6.07, 6.45) is 11.7. The third kappa shape index (κ3) is 5.20. The van der Waals surface area contributed by atoms with E-state index in [0.717, 1.165) is 38.8 Å². The van der Waals surface area contributed by atoms with Gasteiger partial charge in [0.25, 0.3) is 0 Å². The van der Waals surface area contributed by atoms with Crippen LogP contribution in [0.15, 0.2) is 111 Å². The first-order chi connectivity index (χ1) is 15.7. The Kier molecular flexibility index (Phi) is 8.84. The standard InChI is InChI=1S/C30H37NO/c1-5-15-27-28(20-24-31(23-8-4)30(27,21-6-2)22-7-3)32-29(25-16-11-9-12-17-25)26-18-13-10-14-19-26/h5-14,16-19,27-29H,1-4,15,20-24H2. The van der Waals surface area contributed by atoms with Gasteiger partial charge in [-0.1, -0.05) is 85.0 Å². The number of hydrogen-bond acceptors (Lipinski definition) is 2. The fourth-order valence-electron chi connectivity index (χ4n) is 5.35. The van der Waals surface area contributed by atoms with Gasteiger partial charge in [0, 0.05) is 24.5 Å². The molecule has 32 heavy (non-hydrogen) atoms. The summed E-state index contributed by atoms with van der Waals surface area (Å²) < 4.78 is 7.03. The van der Waals surface area contributed by atoms with E-state index in [1.807, 2.05) is 24.3 Å². The first kappa shape index (κ1) is 24.0. The van der Waals surface area contributed by atoms with Crippen molar-refractivity contribution in [2.24, 2.45) is 5.92 Å². The quantitative estimate of drug-likeness (QED) is 0.334. The van der Waals surface area contributed by atoms with Crippen LogP contribution in [-0.4, -0.2) is 29.6 Å². The summed E-state index contributed by atoms with van der Waals surface area (Å²) in [5, 5.41) is 0. The molecule has 2 aromatic carbocycles. The highest BCUT2D eigenvalue weighted by molar-refractivity contribution is 5.30. The Morgan fingerprint density at radius 1 is 0.844 bits per heavy atom. The van der Waals surface area contributed by atoms with Crippen LogP contribution in [0.2, 0.25) is 0 Å². The number of nitrogens with zero attached hydrogens (tertiary/aromatic N) is 1. The van der Waals surface area contributed by atoms with Crippen LogP contribution in [0.25, 0.3) is 0 Å². The average Bonchev–Trinajstić information content (AvgIpc) is 2.83. The third-order valence-electron chi connectivity index (χ3n) is 6.73. The van der Waals surface area contributed by atoms with E-state index >= 15 is 0 Å². The van der Waals surface area contributed by atoms with Crippen molar-refractivity contribution in [2.75, 3.05) is 13.1 Å². The van der Waals surface area contributed by atoms with Crippen molar-refractivity contribution in [3.8, 4) is 0 Å². The highest BCUT2D eigenvalue weighted by Gasteiger charge is 2.48. The van der Waals surface area contributed by atoms with Crippen LogP contribution < -0.4 is 0 Å². The maximum absolute atomic E-state index is 7.03. The van der Waals surface area contributed by atoms with Crippen molar-refractivity contribution in [2.45, 2.75) is 43.4 Å². The zero-order valence-corrected chi connectivity index (χ0v) is 19.2. The molecule has 1 heterocycles. The first-order valence-corrected chi connectivity index (χ1v) is 11.6. The van der Waals surface area contributed by atoms with Gasteiger partial charge in [-0.25, -0.2) is 0 Å². The number of rotatable bonds is 12. The summed E-state index contributed by atoms with van der Waals surface area (Å²) in [6, 6.07) is 21.1. The average molecular weight is 428 g/mol. The van der Waals surface area contributed by atoms with Crippen molar-refractivity contribution in [1.82, 2.24) is 4.90 Å². The largest absolute Gasteiger partial charge is 0.365 e. The smallest absolute Gasteiger partial charge is 0.108 e. The molecule has 1 saturated heterocycles. The molecule has 1 aliphatic heterocycles. The summed E-state index contributed by atoms with van der Waals surface area (Å²) in [5.74, 6) is 0.277. The van der Waals surface area contributed by atoms with Crippen molar-refractivity contribution < 1.29 is 4.74 Å². The maximum Gasteiger partial charge on any atom is 0.108 e. The predicted octanol–water partition coefficient (Wildman–Crippen LogP) is 7.14. The van der Waals surface area contributed by atoms with Gasteiger partial charge in [-0.05, 0) is 36.8 Å². The number of hydrogen-bond donors (Lipinski definition) is 0. The summed E-state index contributed by atoms with van der Waals surface area (Å²) >= 11 is 0. The Labute approximate surface area is 194 Å². The molecule has 0 spiro atoms. The fraction of sp³-hybridized carbons (Fsp3) is 0.333. The number of ether oxygens (including phenoxy) is 1. The van der Waals surface area contributed by atoms with E-state index in [1.54, 1.807) is 0 Å². The van der Waals surface area contributed by atoms with Crippen molar-refractivity contribution in [3.05, 3.63) is 122 Å². The van der Waals surface area contributed by atoms with Gasteiger partial charge in [-0.15, -0.1) is 26.3 Å². The number of likely N-dealkylation sites (tertiary alicyclic amines) is 1. The van der Waals surface area contributed by atoms with Crippen LogP contribution in [0.4, 0.5) is 0 Å². The van der Waals surface area contributed by atoms with Crippen LogP contribution in [0, 0.1) is 5.92 Å². The minimum Gasteiger partial charge on any atom is -0.365 e. The predicted molar refractivity (Wildman–Crippen MR) is 137 cm³/mol. The van der Waals surface area contributed by atoms with Gasteiger partial charge < -0.3 is 4.74 Å². The van der Waals surface area contributed by atoms with E-state index in [0.29, 0.717) is 0 Å². The molecule has 0 amide bonds. The van der Waals surface area contributed by atoms with Crippen LogP contribution in [0.3, 0.4) is 0 Å². The normalized spacial score (nSPS) is 20.5. The maximum atomic E-state index is 7.03. The zero-order valence-electron chi connectivity index (χ0n) is 19.2.